The number of carboxylic acid groups (broad SMARTS) is 1. The summed E-state index contributed by atoms with van der Waals surface area (Å²) in [5.41, 5.74) is 2.38. The topological polar surface area (TPSA) is 51.5 Å². The van der Waals surface area contributed by atoms with Crippen LogP contribution in [0, 0.1) is 18.6 Å². The molecule has 0 saturated heterocycles. The Morgan fingerprint density at radius 3 is 2.42 bits per heavy atom. The fraction of sp³-hybridized carbons (Fsp3) is 0.0800. The molecule has 0 fully saturated rings. The van der Waals surface area contributed by atoms with Crippen molar-refractivity contribution < 1.29 is 23.4 Å². The standard InChI is InChI=1S/C25H17Cl2F2NO3/c1-14-5-9-23(30(14)16-7-8-20(27)17(12-16)25(31)32)18-11-15(26)6-10-24(18)33-13-19-21(28)3-2-4-22(19)29/h2-12H,13H2,1H3,(H,31,32). The lowest BCUT2D eigenvalue weighted by Crippen LogP contribution is -2.05. The van der Waals surface area contributed by atoms with Crippen LogP contribution in [-0.2, 0) is 6.61 Å². The van der Waals surface area contributed by atoms with Crippen LogP contribution < -0.4 is 4.74 Å². The number of aromatic nitrogens is 1. The van der Waals surface area contributed by atoms with E-state index in [-0.39, 0.29) is 22.8 Å². The zero-order valence-electron chi connectivity index (χ0n) is 17.3. The number of nitrogens with zero attached hydrogens (tertiary/aromatic N) is 1. The van der Waals surface area contributed by atoms with Crippen molar-refractivity contribution in [3.05, 3.63) is 105 Å². The quantitative estimate of drug-likeness (QED) is 0.310. The molecule has 0 radical (unpaired) electrons. The highest BCUT2D eigenvalue weighted by Crippen LogP contribution is 2.36. The maximum atomic E-state index is 14.1. The molecule has 1 aromatic heterocycles. The summed E-state index contributed by atoms with van der Waals surface area (Å²) in [6.45, 7) is 1.54. The minimum atomic E-state index is -1.15. The van der Waals surface area contributed by atoms with Gasteiger partial charge < -0.3 is 14.4 Å². The molecule has 0 amide bonds. The number of carboxylic acids is 1. The summed E-state index contributed by atoms with van der Waals surface area (Å²) in [7, 11) is 0. The van der Waals surface area contributed by atoms with Crippen molar-refractivity contribution in [2.24, 2.45) is 0 Å². The second-order valence-corrected chi connectivity index (χ2v) is 8.14. The van der Waals surface area contributed by atoms with Crippen LogP contribution in [0.15, 0.2) is 66.7 Å². The number of aromatic carboxylic acids is 1. The van der Waals surface area contributed by atoms with Gasteiger partial charge >= 0.3 is 5.97 Å². The lowest BCUT2D eigenvalue weighted by molar-refractivity contribution is 0.0697. The summed E-state index contributed by atoms with van der Waals surface area (Å²) < 4.78 is 35.8. The lowest BCUT2D eigenvalue weighted by Gasteiger charge is -2.17. The van der Waals surface area contributed by atoms with E-state index in [1.165, 1.54) is 30.3 Å². The number of hydrogen-bond donors (Lipinski definition) is 1. The number of aryl methyl sites for hydroxylation is 1. The van der Waals surface area contributed by atoms with Gasteiger partial charge in [-0.2, -0.15) is 0 Å². The van der Waals surface area contributed by atoms with E-state index in [1.54, 1.807) is 24.3 Å². The van der Waals surface area contributed by atoms with E-state index >= 15 is 0 Å². The molecule has 4 rings (SSSR count). The molecule has 3 aromatic carbocycles. The highest BCUT2D eigenvalue weighted by molar-refractivity contribution is 6.33. The predicted octanol–water partition coefficient (Wildman–Crippen LogP) is 7.31. The third-order valence-corrected chi connectivity index (χ3v) is 5.73. The average Bonchev–Trinajstić information content (AvgIpc) is 3.15. The molecule has 0 atom stereocenters. The molecule has 0 unspecified atom stereocenters. The SMILES string of the molecule is Cc1ccc(-c2cc(Cl)ccc2OCc2c(F)cccc2F)n1-c1ccc(Cl)c(C(=O)O)c1. The van der Waals surface area contributed by atoms with Crippen molar-refractivity contribution in [3.63, 3.8) is 0 Å². The van der Waals surface area contributed by atoms with E-state index in [0.29, 0.717) is 27.7 Å². The molecule has 0 aliphatic rings. The smallest absolute Gasteiger partial charge is 0.337 e. The summed E-state index contributed by atoms with van der Waals surface area (Å²) in [5, 5.41) is 10.0. The maximum absolute atomic E-state index is 14.1. The van der Waals surface area contributed by atoms with Crippen LogP contribution in [0.5, 0.6) is 5.75 Å². The average molecular weight is 488 g/mol. The Morgan fingerprint density at radius 2 is 1.73 bits per heavy atom. The molecular formula is C25H17Cl2F2NO3. The first kappa shape index (κ1) is 22.8. The Balaban J connectivity index is 1.79. The van der Waals surface area contributed by atoms with Gasteiger partial charge in [-0.3, -0.25) is 0 Å². The molecule has 1 heterocycles. The number of ether oxygens (including phenoxy) is 1. The van der Waals surface area contributed by atoms with Crippen molar-refractivity contribution in [2.45, 2.75) is 13.5 Å². The number of benzene rings is 3. The first-order chi connectivity index (χ1) is 15.8. The highest BCUT2D eigenvalue weighted by atomic mass is 35.5. The van der Waals surface area contributed by atoms with Crippen LogP contribution in [0.4, 0.5) is 8.78 Å². The monoisotopic (exact) mass is 487 g/mol. The van der Waals surface area contributed by atoms with Crippen LogP contribution in [0.1, 0.15) is 21.6 Å². The lowest BCUT2D eigenvalue weighted by atomic mass is 10.1. The van der Waals surface area contributed by atoms with Gasteiger partial charge in [-0.25, -0.2) is 13.6 Å². The Hall–Kier alpha value is -3.35. The summed E-state index contributed by atoms with van der Waals surface area (Å²) >= 11 is 12.3. The molecule has 0 spiro atoms. The minimum absolute atomic E-state index is 0.0363. The fourth-order valence-electron chi connectivity index (χ4n) is 3.56. The summed E-state index contributed by atoms with van der Waals surface area (Å²) in [4.78, 5) is 11.6. The zero-order chi connectivity index (χ0) is 23.7. The van der Waals surface area contributed by atoms with E-state index in [9.17, 15) is 18.7 Å². The predicted molar refractivity (Wildman–Crippen MR) is 124 cm³/mol. The number of rotatable bonds is 6. The highest BCUT2D eigenvalue weighted by Gasteiger charge is 2.18. The van der Waals surface area contributed by atoms with E-state index in [1.807, 2.05) is 23.6 Å². The Labute approximate surface area is 198 Å². The number of carbonyl (C=O) groups is 1. The second-order valence-electron chi connectivity index (χ2n) is 7.29. The largest absolute Gasteiger partial charge is 0.488 e. The molecule has 8 heteroatoms. The van der Waals surface area contributed by atoms with Crippen molar-refractivity contribution >= 4 is 29.2 Å². The Bertz CT molecular complexity index is 1350. The molecule has 4 aromatic rings. The zero-order valence-corrected chi connectivity index (χ0v) is 18.8. The van der Waals surface area contributed by atoms with Gasteiger partial charge in [0.2, 0.25) is 0 Å². The van der Waals surface area contributed by atoms with Crippen LogP contribution >= 0.6 is 23.2 Å². The van der Waals surface area contributed by atoms with E-state index in [2.05, 4.69) is 0 Å². The summed E-state index contributed by atoms with van der Waals surface area (Å²) in [5.74, 6) is -2.19. The third kappa shape index (κ3) is 4.58. The first-order valence-electron chi connectivity index (χ1n) is 9.83. The summed E-state index contributed by atoms with van der Waals surface area (Å²) in [6, 6.07) is 16.9. The van der Waals surface area contributed by atoms with Gasteiger partial charge in [0.05, 0.1) is 21.8 Å². The molecule has 0 saturated carbocycles. The number of hydrogen-bond acceptors (Lipinski definition) is 2. The van der Waals surface area contributed by atoms with E-state index in [0.717, 1.165) is 5.69 Å². The van der Waals surface area contributed by atoms with Gasteiger partial charge in [0, 0.05) is 22.0 Å². The van der Waals surface area contributed by atoms with Crippen LogP contribution in [0.2, 0.25) is 10.0 Å². The van der Waals surface area contributed by atoms with Crippen molar-refractivity contribution in [3.8, 4) is 22.7 Å². The van der Waals surface area contributed by atoms with Crippen LogP contribution in [0.3, 0.4) is 0 Å². The van der Waals surface area contributed by atoms with Gasteiger partial charge in [-0.05, 0) is 67.6 Å². The van der Waals surface area contributed by atoms with Crippen molar-refractivity contribution in [1.29, 1.82) is 0 Å². The van der Waals surface area contributed by atoms with Crippen molar-refractivity contribution in [2.75, 3.05) is 0 Å². The third-order valence-electron chi connectivity index (χ3n) is 5.17. The molecule has 168 valence electrons. The van der Waals surface area contributed by atoms with Crippen LogP contribution in [0.25, 0.3) is 16.9 Å². The maximum Gasteiger partial charge on any atom is 0.337 e. The van der Waals surface area contributed by atoms with E-state index in [4.69, 9.17) is 27.9 Å². The molecule has 0 bridgehead atoms. The van der Waals surface area contributed by atoms with Crippen molar-refractivity contribution in [1.82, 2.24) is 4.57 Å². The minimum Gasteiger partial charge on any atom is -0.488 e. The first-order valence-corrected chi connectivity index (χ1v) is 10.6. The van der Waals surface area contributed by atoms with Gasteiger partial charge in [0.15, 0.2) is 0 Å². The molecule has 1 N–H and O–H groups in total. The molecule has 0 aliphatic heterocycles. The molecule has 0 aliphatic carbocycles. The second kappa shape index (κ2) is 9.25. The van der Waals surface area contributed by atoms with Gasteiger partial charge in [0.1, 0.15) is 24.0 Å². The number of halogens is 4. The Morgan fingerprint density at radius 1 is 1.00 bits per heavy atom. The van der Waals surface area contributed by atoms with E-state index < -0.39 is 17.6 Å². The van der Waals surface area contributed by atoms with Crippen LogP contribution in [-0.4, -0.2) is 15.6 Å². The van der Waals surface area contributed by atoms with Gasteiger partial charge in [-0.15, -0.1) is 0 Å². The molecule has 4 nitrogen and oxygen atoms in total. The van der Waals surface area contributed by atoms with Gasteiger partial charge in [-0.1, -0.05) is 29.3 Å². The normalized spacial score (nSPS) is 10.9. The summed E-state index contributed by atoms with van der Waals surface area (Å²) in [6.07, 6.45) is 0. The molecular weight excluding hydrogens is 471 g/mol. The fourth-order valence-corrected chi connectivity index (χ4v) is 3.93. The Kier molecular flexibility index (Phi) is 6.40. The van der Waals surface area contributed by atoms with Gasteiger partial charge in [0.25, 0.3) is 0 Å². The molecule has 33 heavy (non-hydrogen) atoms.